The molecular formula is C16H26BrNO2. The summed E-state index contributed by atoms with van der Waals surface area (Å²) in [5.74, 6) is 1.62. The fourth-order valence-corrected chi connectivity index (χ4v) is 2.37. The van der Waals surface area contributed by atoms with Gasteiger partial charge in [0, 0.05) is 12.6 Å². The van der Waals surface area contributed by atoms with E-state index in [0.29, 0.717) is 19.3 Å². The lowest BCUT2D eigenvalue weighted by molar-refractivity contribution is 0.275. The fraction of sp³-hybridized carbons (Fsp3) is 0.625. The maximum Gasteiger partial charge on any atom is 0.175 e. The molecule has 0 saturated heterocycles. The average molecular weight is 344 g/mol. The summed E-state index contributed by atoms with van der Waals surface area (Å²) < 4.78 is 12.4. The van der Waals surface area contributed by atoms with Crippen LogP contribution in [0.2, 0.25) is 0 Å². The molecule has 0 fully saturated rings. The van der Waals surface area contributed by atoms with Crippen molar-refractivity contribution < 1.29 is 9.47 Å². The Morgan fingerprint density at radius 3 is 2.55 bits per heavy atom. The molecule has 20 heavy (non-hydrogen) atoms. The van der Waals surface area contributed by atoms with E-state index < -0.39 is 0 Å². The summed E-state index contributed by atoms with van der Waals surface area (Å²) in [4.78, 5) is 0. The molecule has 1 atom stereocenters. The Bertz CT molecular complexity index is 410. The Labute approximate surface area is 131 Å². The minimum Gasteiger partial charge on any atom is -0.490 e. The summed E-state index contributed by atoms with van der Waals surface area (Å²) in [6.07, 6.45) is 2.10. The predicted molar refractivity (Wildman–Crippen MR) is 87.7 cm³/mol. The van der Waals surface area contributed by atoms with Crippen molar-refractivity contribution in [1.29, 1.82) is 0 Å². The second-order valence-electron chi connectivity index (χ2n) is 4.88. The van der Waals surface area contributed by atoms with Crippen LogP contribution >= 0.6 is 15.9 Å². The van der Waals surface area contributed by atoms with Gasteiger partial charge in [-0.2, -0.15) is 0 Å². The summed E-state index contributed by atoms with van der Waals surface area (Å²) in [6, 6.07) is 4.68. The van der Waals surface area contributed by atoms with Crippen molar-refractivity contribution in [2.45, 2.75) is 53.1 Å². The van der Waals surface area contributed by atoms with E-state index in [1.165, 1.54) is 5.56 Å². The third kappa shape index (κ3) is 5.33. The monoisotopic (exact) mass is 343 g/mol. The van der Waals surface area contributed by atoms with Crippen LogP contribution in [-0.2, 0) is 6.54 Å². The SMILES string of the molecule is CCCOc1c(Br)cc(CNC(C)CC)cc1OCC. The minimum atomic E-state index is 0.514. The van der Waals surface area contributed by atoms with Gasteiger partial charge in [-0.15, -0.1) is 0 Å². The number of rotatable bonds is 9. The first-order valence-corrected chi connectivity index (χ1v) is 8.22. The summed E-state index contributed by atoms with van der Waals surface area (Å²) in [7, 11) is 0. The summed E-state index contributed by atoms with van der Waals surface area (Å²) in [5, 5.41) is 3.49. The molecule has 0 heterocycles. The van der Waals surface area contributed by atoms with Gasteiger partial charge in [0.2, 0.25) is 0 Å². The van der Waals surface area contributed by atoms with Crippen LogP contribution in [0.3, 0.4) is 0 Å². The molecule has 1 aromatic rings. The second kappa shape index (κ2) is 9.24. The summed E-state index contributed by atoms with van der Waals surface area (Å²) >= 11 is 3.59. The van der Waals surface area contributed by atoms with E-state index in [1.54, 1.807) is 0 Å². The Kier molecular flexibility index (Phi) is 8.00. The Balaban J connectivity index is 2.87. The lowest BCUT2D eigenvalue weighted by atomic mass is 10.1. The lowest BCUT2D eigenvalue weighted by Crippen LogP contribution is -2.24. The van der Waals surface area contributed by atoms with Crippen molar-refractivity contribution in [2.75, 3.05) is 13.2 Å². The largest absolute Gasteiger partial charge is 0.490 e. The Morgan fingerprint density at radius 1 is 1.20 bits per heavy atom. The number of benzene rings is 1. The number of ether oxygens (including phenoxy) is 2. The molecule has 114 valence electrons. The zero-order valence-electron chi connectivity index (χ0n) is 13.0. The van der Waals surface area contributed by atoms with Crippen molar-refractivity contribution in [2.24, 2.45) is 0 Å². The van der Waals surface area contributed by atoms with E-state index in [1.807, 2.05) is 6.92 Å². The van der Waals surface area contributed by atoms with Gasteiger partial charge in [0.1, 0.15) is 0 Å². The molecule has 0 aliphatic heterocycles. The van der Waals surface area contributed by atoms with Crippen molar-refractivity contribution in [3.63, 3.8) is 0 Å². The third-order valence-corrected chi connectivity index (χ3v) is 3.68. The number of hydrogen-bond donors (Lipinski definition) is 1. The quantitative estimate of drug-likeness (QED) is 0.714. The van der Waals surface area contributed by atoms with Gasteiger partial charge in [-0.3, -0.25) is 0 Å². The van der Waals surface area contributed by atoms with E-state index in [4.69, 9.17) is 9.47 Å². The Hall–Kier alpha value is -0.740. The number of hydrogen-bond acceptors (Lipinski definition) is 3. The highest BCUT2D eigenvalue weighted by atomic mass is 79.9. The van der Waals surface area contributed by atoms with Crippen LogP contribution in [0.5, 0.6) is 11.5 Å². The fourth-order valence-electron chi connectivity index (χ4n) is 1.77. The van der Waals surface area contributed by atoms with Crippen LogP contribution in [-0.4, -0.2) is 19.3 Å². The third-order valence-electron chi connectivity index (χ3n) is 3.09. The van der Waals surface area contributed by atoms with Crippen LogP contribution < -0.4 is 14.8 Å². The molecule has 0 aliphatic carbocycles. The molecule has 1 aromatic carbocycles. The van der Waals surface area contributed by atoms with Crippen LogP contribution in [0.15, 0.2) is 16.6 Å². The molecule has 0 bridgehead atoms. The molecule has 1 N–H and O–H groups in total. The highest BCUT2D eigenvalue weighted by Crippen LogP contribution is 2.37. The van der Waals surface area contributed by atoms with Gasteiger partial charge in [-0.25, -0.2) is 0 Å². The molecule has 0 aromatic heterocycles. The standard InChI is InChI=1S/C16H26BrNO2/c1-5-8-20-16-14(17)9-13(10-15(16)19-7-3)11-18-12(4)6-2/h9-10,12,18H,5-8,11H2,1-4H3. The highest BCUT2D eigenvalue weighted by Gasteiger charge is 2.12. The first kappa shape index (κ1) is 17.3. The average Bonchev–Trinajstić information content (AvgIpc) is 2.44. The van der Waals surface area contributed by atoms with Gasteiger partial charge in [0.05, 0.1) is 17.7 Å². The molecule has 0 amide bonds. The van der Waals surface area contributed by atoms with E-state index in [9.17, 15) is 0 Å². The molecular weight excluding hydrogens is 318 g/mol. The maximum absolute atomic E-state index is 5.78. The van der Waals surface area contributed by atoms with Gasteiger partial charge in [-0.05, 0) is 60.3 Å². The highest BCUT2D eigenvalue weighted by molar-refractivity contribution is 9.10. The van der Waals surface area contributed by atoms with Gasteiger partial charge in [-0.1, -0.05) is 13.8 Å². The normalized spacial score (nSPS) is 12.2. The van der Waals surface area contributed by atoms with E-state index in [0.717, 1.165) is 35.4 Å². The maximum atomic E-state index is 5.78. The van der Waals surface area contributed by atoms with Crippen LogP contribution in [0.4, 0.5) is 0 Å². The van der Waals surface area contributed by atoms with Crippen molar-refractivity contribution in [1.82, 2.24) is 5.32 Å². The van der Waals surface area contributed by atoms with Crippen molar-refractivity contribution in [3.05, 3.63) is 22.2 Å². The van der Waals surface area contributed by atoms with Crippen molar-refractivity contribution in [3.8, 4) is 11.5 Å². The molecule has 0 radical (unpaired) electrons. The number of halogens is 1. The molecule has 1 rings (SSSR count). The first-order valence-electron chi connectivity index (χ1n) is 7.43. The first-order chi connectivity index (χ1) is 9.62. The molecule has 3 nitrogen and oxygen atoms in total. The van der Waals surface area contributed by atoms with Gasteiger partial charge in [0.15, 0.2) is 11.5 Å². The molecule has 1 unspecified atom stereocenters. The predicted octanol–water partition coefficient (Wildman–Crippen LogP) is 4.52. The summed E-state index contributed by atoms with van der Waals surface area (Å²) in [6.45, 7) is 10.6. The number of nitrogens with one attached hydrogen (secondary N) is 1. The topological polar surface area (TPSA) is 30.5 Å². The van der Waals surface area contributed by atoms with Crippen LogP contribution in [0, 0.1) is 0 Å². The van der Waals surface area contributed by atoms with Crippen LogP contribution in [0.1, 0.15) is 46.1 Å². The van der Waals surface area contributed by atoms with Crippen LogP contribution in [0.25, 0.3) is 0 Å². The van der Waals surface area contributed by atoms with E-state index in [2.05, 4.69) is 54.2 Å². The van der Waals surface area contributed by atoms with Crippen molar-refractivity contribution >= 4 is 15.9 Å². The molecule has 0 saturated carbocycles. The second-order valence-corrected chi connectivity index (χ2v) is 5.73. The lowest BCUT2D eigenvalue weighted by Gasteiger charge is -2.16. The molecule has 0 spiro atoms. The smallest absolute Gasteiger partial charge is 0.175 e. The zero-order chi connectivity index (χ0) is 15.0. The van der Waals surface area contributed by atoms with Gasteiger partial charge < -0.3 is 14.8 Å². The van der Waals surface area contributed by atoms with E-state index >= 15 is 0 Å². The van der Waals surface area contributed by atoms with E-state index in [-0.39, 0.29) is 0 Å². The Morgan fingerprint density at radius 2 is 1.95 bits per heavy atom. The molecule has 0 aliphatic rings. The van der Waals surface area contributed by atoms with Gasteiger partial charge >= 0.3 is 0 Å². The summed E-state index contributed by atoms with van der Waals surface area (Å²) in [5.41, 5.74) is 1.20. The van der Waals surface area contributed by atoms with Gasteiger partial charge in [0.25, 0.3) is 0 Å². The zero-order valence-corrected chi connectivity index (χ0v) is 14.5. The molecule has 4 heteroatoms. The minimum absolute atomic E-state index is 0.514.